The molecule has 4 atom stereocenters. The van der Waals surface area contributed by atoms with Gasteiger partial charge in [-0.3, -0.25) is 4.79 Å². The Kier molecular flexibility index (Phi) is 3.46. The summed E-state index contributed by atoms with van der Waals surface area (Å²) in [6.45, 7) is 1.01. The number of fused-ring (bicyclic) bond motifs is 1. The summed E-state index contributed by atoms with van der Waals surface area (Å²) in [5.41, 5.74) is 1.72. The van der Waals surface area contributed by atoms with E-state index in [1.54, 1.807) is 5.51 Å². The molecule has 2 aliphatic carbocycles. The molecule has 4 fully saturated rings. The zero-order valence-corrected chi connectivity index (χ0v) is 13.0. The second kappa shape index (κ2) is 5.30. The smallest absolute Gasteiger partial charge is 0.233 e. The summed E-state index contributed by atoms with van der Waals surface area (Å²) >= 11 is 3.05. The molecule has 4 aliphatic rings. The highest BCUT2D eigenvalue weighted by atomic mass is 32.2. The second-order valence-electron chi connectivity index (χ2n) is 6.47. The van der Waals surface area contributed by atoms with Gasteiger partial charge in [0.1, 0.15) is 5.51 Å². The first-order chi connectivity index (χ1) is 9.78. The number of thioether (sulfide) groups is 1. The fourth-order valence-corrected chi connectivity index (χ4v) is 5.90. The van der Waals surface area contributed by atoms with Gasteiger partial charge in [0, 0.05) is 12.6 Å². The largest absolute Gasteiger partial charge is 0.339 e. The van der Waals surface area contributed by atoms with E-state index in [1.165, 1.54) is 55.2 Å². The van der Waals surface area contributed by atoms with Crippen molar-refractivity contribution in [2.75, 3.05) is 12.3 Å². The Hall–Kier alpha value is -0.620. The van der Waals surface area contributed by atoms with Gasteiger partial charge in [0.2, 0.25) is 5.91 Å². The van der Waals surface area contributed by atoms with Crippen LogP contribution >= 0.6 is 23.1 Å². The van der Waals surface area contributed by atoms with Gasteiger partial charge >= 0.3 is 0 Å². The highest BCUT2D eigenvalue weighted by Crippen LogP contribution is 2.47. The first-order valence-electron chi connectivity index (χ1n) is 7.46. The molecule has 2 saturated carbocycles. The SMILES string of the molecule is O=C(CSc1nncs1)N1CC2C[C@@H]3CC1C[C@H](C2)C3. The molecule has 2 aliphatic heterocycles. The normalized spacial score (nSPS) is 35.3. The predicted octanol–water partition coefficient (Wildman–Crippen LogP) is 2.67. The molecule has 0 radical (unpaired) electrons. The van der Waals surface area contributed by atoms with Crippen molar-refractivity contribution < 1.29 is 4.79 Å². The Balaban J connectivity index is 1.43. The van der Waals surface area contributed by atoms with Crippen LogP contribution in [0.3, 0.4) is 0 Å². The van der Waals surface area contributed by atoms with Crippen LogP contribution in [0, 0.1) is 17.8 Å². The fourth-order valence-electron chi connectivity index (χ4n) is 4.52. The fraction of sp³-hybridized carbons (Fsp3) is 0.786. The van der Waals surface area contributed by atoms with Gasteiger partial charge in [-0.15, -0.1) is 10.2 Å². The van der Waals surface area contributed by atoms with E-state index in [0.717, 1.165) is 28.6 Å². The highest BCUT2D eigenvalue weighted by Gasteiger charge is 2.43. The lowest BCUT2D eigenvalue weighted by molar-refractivity contribution is -0.131. The van der Waals surface area contributed by atoms with Crippen molar-refractivity contribution in [3.8, 4) is 0 Å². The molecule has 0 aromatic carbocycles. The van der Waals surface area contributed by atoms with Crippen LogP contribution in [0.4, 0.5) is 0 Å². The summed E-state index contributed by atoms with van der Waals surface area (Å²) in [7, 11) is 0. The molecule has 108 valence electrons. The van der Waals surface area contributed by atoms with Gasteiger partial charge < -0.3 is 4.90 Å². The Morgan fingerprint density at radius 3 is 2.70 bits per heavy atom. The molecule has 4 bridgehead atoms. The minimum absolute atomic E-state index is 0.309. The summed E-state index contributed by atoms with van der Waals surface area (Å²) in [6, 6.07) is 0.522. The Morgan fingerprint density at radius 2 is 2.00 bits per heavy atom. The summed E-state index contributed by atoms with van der Waals surface area (Å²) in [5, 5.41) is 7.82. The second-order valence-corrected chi connectivity index (χ2v) is 8.53. The van der Waals surface area contributed by atoms with E-state index in [2.05, 4.69) is 15.1 Å². The monoisotopic (exact) mass is 309 g/mol. The van der Waals surface area contributed by atoms with Crippen molar-refractivity contribution in [3.63, 3.8) is 0 Å². The molecule has 3 heterocycles. The molecular weight excluding hydrogens is 290 g/mol. The van der Waals surface area contributed by atoms with Gasteiger partial charge in [-0.05, 0) is 49.9 Å². The molecule has 2 saturated heterocycles. The molecular formula is C14H19N3OS2. The van der Waals surface area contributed by atoms with E-state index in [1.807, 2.05) is 0 Å². The van der Waals surface area contributed by atoms with E-state index in [9.17, 15) is 4.79 Å². The van der Waals surface area contributed by atoms with Crippen LogP contribution in [-0.2, 0) is 4.79 Å². The van der Waals surface area contributed by atoms with E-state index in [0.29, 0.717) is 17.7 Å². The number of carbonyl (C=O) groups is 1. The standard InChI is InChI=1S/C14H19N3OS2/c18-13(7-19-14-16-15-8-20-14)17-6-11-2-9-1-10(3-11)5-12(17)4-9/h8-12H,1-7H2/t9-,10+,11?,12?. The summed E-state index contributed by atoms with van der Waals surface area (Å²) in [5.74, 6) is 3.38. The van der Waals surface area contributed by atoms with Gasteiger partial charge in [0.25, 0.3) is 0 Å². The zero-order valence-electron chi connectivity index (χ0n) is 11.4. The van der Waals surface area contributed by atoms with Crippen molar-refractivity contribution in [2.24, 2.45) is 17.8 Å². The third-order valence-corrected chi connectivity index (χ3v) is 6.93. The van der Waals surface area contributed by atoms with Crippen molar-refractivity contribution in [1.82, 2.24) is 15.1 Å². The quantitative estimate of drug-likeness (QED) is 0.805. The van der Waals surface area contributed by atoms with Gasteiger partial charge in [-0.2, -0.15) is 0 Å². The Labute approximate surface area is 127 Å². The van der Waals surface area contributed by atoms with Crippen LogP contribution in [0.5, 0.6) is 0 Å². The molecule has 1 aromatic rings. The minimum atomic E-state index is 0.309. The van der Waals surface area contributed by atoms with E-state index < -0.39 is 0 Å². The average Bonchev–Trinajstić information content (AvgIpc) is 2.87. The van der Waals surface area contributed by atoms with Gasteiger partial charge in [-0.1, -0.05) is 23.1 Å². The third-order valence-electron chi connectivity index (χ3n) is 5.09. The summed E-state index contributed by atoms with van der Waals surface area (Å²) < 4.78 is 0.902. The van der Waals surface area contributed by atoms with Crippen LogP contribution in [0.2, 0.25) is 0 Å². The number of rotatable bonds is 3. The molecule has 5 rings (SSSR count). The molecule has 20 heavy (non-hydrogen) atoms. The highest BCUT2D eigenvalue weighted by molar-refractivity contribution is 8.01. The predicted molar refractivity (Wildman–Crippen MR) is 79.7 cm³/mol. The molecule has 0 N–H and O–H groups in total. The number of hydrogen-bond donors (Lipinski definition) is 0. The minimum Gasteiger partial charge on any atom is -0.339 e. The van der Waals surface area contributed by atoms with Crippen molar-refractivity contribution in [1.29, 1.82) is 0 Å². The maximum absolute atomic E-state index is 12.6. The topological polar surface area (TPSA) is 46.1 Å². The third kappa shape index (κ3) is 2.48. The number of nitrogens with zero attached hydrogens (tertiary/aromatic N) is 3. The maximum atomic E-state index is 12.6. The maximum Gasteiger partial charge on any atom is 0.233 e. The van der Waals surface area contributed by atoms with Crippen molar-refractivity contribution >= 4 is 29.0 Å². The molecule has 6 heteroatoms. The molecule has 1 amide bonds. The molecule has 0 spiro atoms. The van der Waals surface area contributed by atoms with Gasteiger partial charge in [-0.25, -0.2) is 0 Å². The van der Waals surface area contributed by atoms with Crippen molar-refractivity contribution in [3.05, 3.63) is 5.51 Å². The van der Waals surface area contributed by atoms with Crippen LogP contribution in [0.25, 0.3) is 0 Å². The first-order valence-corrected chi connectivity index (χ1v) is 9.33. The van der Waals surface area contributed by atoms with Gasteiger partial charge in [0.15, 0.2) is 4.34 Å². The van der Waals surface area contributed by atoms with Crippen LogP contribution in [0.1, 0.15) is 32.1 Å². The van der Waals surface area contributed by atoms with E-state index >= 15 is 0 Å². The number of aromatic nitrogens is 2. The zero-order chi connectivity index (χ0) is 13.5. The number of carbonyl (C=O) groups excluding carboxylic acids is 1. The lowest BCUT2D eigenvalue weighted by Gasteiger charge is -2.39. The average molecular weight is 309 g/mol. The van der Waals surface area contributed by atoms with Gasteiger partial charge in [0.05, 0.1) is 5.75 Å². The summed E-state index contributed by atoms with van der Waals surface area (Å²) in [4.78, 5) is 14.8. The molecule has 1 aromatic heterocycles. The molecule has 2 unspecified atom stereocenters. The van der Waals surface area contributed by atoms with Crippen LogP contribution < -0.4 is 0 Å². The first kappa shape index (κ1) is 13.1. The van der Waals surface area contributed by atoms with Crippen LogP contribution in [0.15, 0.2) is 9.85 Å². The number of amides is 1. The van der Waals surface area contributed by atoms with Crippen LogP contribution in [-0.4, -0.2) is 39.3 Å². The summed E-state index contributed by atoms with van der Waals surface area (Å²) in [6.07, 6.45) is 6.65. The Bertz CT molecular complexity index is 479. The lowest BCUT2D eigenvalue weighted by Crippen LogP contribution is -2.43. The van der Waals surface area contributed by atoms with E-state index in [-0.39, 0.29) is 0 Å². The van der Waals surface area contributed by atoms with Crippen molar-refractivity contribution in [2.45, 2.75) is 42.5 Å². The molecule has 4 nitrogen and oxygen atoms in total. The Morgan fingerprint density at radius 1 is 1.25 bits per heavy atom. The van der Waals surface area contributed by atoms with E-state index in [4.69, 9.17) is 0 Å². The number of hydrogen-bond acceptors (Lipinski definition) is 5. The lowest BCUT2D eigenvalue weighted by atomic mass is 9.68.